The first-order valence-corrected chi connectivity index (χ1v) is 8.45. The third-order valence-corrected chi connectivity index (χ3v) is 4.51. The van der Waals surface area contributed by atoms with Crippen LogP contribution >= 0.6 is 0 Å². The number of nitrogens with zero attached hydrogens (tertiary/aromatic N) is 3. The van der Waals surface area contributed by atoms with Gasteiger partial charge >= 0.3 is 0 Å². The van der Waals surface area contributed by atoms with Gasteiger partial charge in [-0.2, -0.15) is 4.98 Å². The summed E-state index contributed by atoms with van der Waals surface area (Å²) in [6, 6.07) is 5.92. The van der Waals surface area contributed by atoms with E-state index in [-0.39, 0.29) is 5.91 Å². The minimum absolute atomic E-state index is 0.0261. The fourth-order valence-corrected chi connectivity index (χ4v) is 3.04. The van der Waals surface area contributed by atoms with Gasteiger partial charge in [0.25, 0.3) is 0 Å². The van der Waals surface area contributed by atoms with Crippen molar-refractivity contribution in [1.29, 1.82) is 0 Å². The first kappa shape index (κ1) is 16.6. The zero-order chi connectivity index (χ0) is 17.1. The molecule has 128 valence electrons. The molecule has 1 amide bonds. The van der Waals surface area contributed by atoms with Crippen LogP contribution in [0.1, 0.15) is 47.7 Å². The Bertz CT molecular complexity index is 726. The maximum absolute atomic E-state index is 12.2. The Morgan fingerprint density at radius 1 is 1.33 bits per heavy atom. The highest BCUT2D eigenvalue weighted by Gasteiger charge is 2.25. The number of benzene rings is 1. The number of hydrogen-bond acceptors (Lipinski definition) is 5. The molecule has 2 aromatic rings. The van der Waals surface area contributed by atoms with Crippen molar-refractivity contribution in [2.75, 3.05) is 6.54 Å². The number of rotatable bonds is 4. The fourth-order valence-electron chi connectivity index (χ4n) is 3.04. The van der Waals surface area contributed by atoms with Crippen molar-refractivity contribution in [3.8, 4) is 0 Å². The molecule has 1 fully saturated rings. The van der Waals surface area contributed by atoms with E-state index in [1.54, 1.807) is 4.90 Å². The second-order valence-electron chi connectivity index (χ2n) is 6.57. The zero-order valence-electron chi connectivity index (χ0n) is 14.3. The van der Waals surface area contributed by atoms with Crippen LogP contribution in [0.2, 0.25) is 0 Å². The normalized spacial score (nSPS) is 18.7. The molecule has 6 nitrogen and oxygen atoms in total. The van der Waals surface area contributed by atoms with E-state index in [0.717, 1.165) is 19.3 Å². The van der Waals surface area contributed by atoms with Gasteiger partial charge in [-0.15, -0.1) is 0 Å². The molecule has 1 aliphatic heterocycles. The molecule has 0 bridgehead atoms. The van der Waals surface area contributed by atoms with Crippen molar-refractivity contribution < 1.29 is 9.32 Å². The van der Waals surface area contributed by atoms with E-state index >= 15 is 0 Å². The first-order chi connectivity index (χ1) is 11.5. The van der Waals surface area contributed by atoms with E-state index < -0.39 is 6.04 Å². The van der Waals surface area contributed by atoms with Crippen LogP contribution in [-0.2, 0) is 17.8 Å². The van der Waals surface area contributed by atoms with Gasteiger partial charge < -0.3 is 15.2 Å². The second-order valence-corrected chi connectivity index (χ2v) is 6.57. The Balaban J connectivity index is 1.69. The quantitative estimate of drug-likeness (QED) is 0.929. The minimum Gasteiger partial charge on any atom is -0.337 e. The van der Waals surface area contributed by atoms with Crippen LogP contribution in [0.3, 0.4) is 0 Å². The number of likely N-dealkylation sites (tertiary alicyclic amines) is 1. The fraction of sp³-hybridized carbons (Fsp3) is 0.500. The lowest BCUT2D eigenvalue weighted by Gasteiger charge is -2.20. The average Bonchev–Trinajstić information content (AvgIpc) is 2.93. The molecule has 2 N–H and O–H groups in total. The number of carbonyl (C=O) groups is 1. The summed E-state index contributed by atoms with van der Waals surface area (Å²) in [5.41, 5.74) is 9.51. The summed E-state index contributed by atoms with van der Waals surface area (Å²) in [6.45, 7) is 5.18. The smallest absolute Gasteiger partial charge is 0.246 e. The van der Waals surface area contributed by atoms with E-state index in [1.165, 1.54) is 16.7 Å². The van der Waals surface area contributed by atoms with Gasteiger partial charge in [0, 0.05) is 13.0 Å². The van der Waals surface area contributed by atoms with Crippen molar-refractivity contribution >= 4 is 5.91 Å². The van der Waals surface area contributed by atoms with Crippen LogP contribution in [0.25, 0.3) is 0 Å². The Morgan fingerprint density at radius 3 is 3.00 bits per heavy atom. The molecule has 1 aromatic heterocycles. The summed E-state index contributed by atoms with van der Waals surface area (Å²) in [6.07, 6.45) is 3.32. The van der Waals surface area contributed by atoms with E-state index in [0.29, 0.717) is 31.2 Å². The van der Waals surface area contributed by atoms with Gasteiger partial charge in [-0.1, -0.05) is 28.9 Å². The molecule has 0 radical (unpaired) electrons. The highest BCUT2D eigenvalue weighted by Crippen LogP contribution is 2.16. The lowest BCUT2D eigenvalue weighted by molar-refractivity contribution is -0.133. The second kappa shape index (κ2) is 7.13. The number of aromatic nitrogens is 2. The van der Waals surface area contributed by atoms with Gasteiger partial charge in [0.05, 0.1) is 6.04 Å². The molecule has 1 aromatic carbocycles. The Kier molecular flexibility index (Phi) is 4.94. The molecule has 1 saturated heterocycles. The number of nitrogens with two attached hydrogens (primary N) is 1. The van der Waals surface area contributed by atoms with Gasteiger partial charge in [0.1, 0.15) is 6.54 Å². The van der Waals surface area contributed by atoms with Crippen molar-refractivity contribution in [2.24, 2.45) is 5.73 Å². The monoisotopic (exact) mass is 328 g/mol. The molecule has 1 unspecified atom stereocenters. The molecule has 0 aliphatic carbocycles. The lowest BCUT2D eigenvalue weighted by atomic mass is 10.0. The molecule has 3 rings (SSSR count). The zero-order valence-corrected chi connectivity index (χ0v) is 14.3. The van der Waals surface area contributed by atoms with Gasteiger partial charge in [-0.25, -0.2) is 0 Å². The van der Waals surface area contributed by atoms with Crippen molar-refractivity contribution in [3.63, 3.8) is 0 Å². The molecule has 2 heterocycles. The molecule has 1 aliphatic rings. The largest absolute Gasteiger partial charge is 0.337 e. The summed E-state index contributed by atoms with van der Waals surface area (Å²) >= 11 is 0. The van der Waals surface area contributed by atoms with E-state index in [9.17, 15) is 4.79 Å². The SMILES string of the molecule is Cc1ccc(C)c(Cc2noc(CN3CCCCC(N)C3=O)n2)c1. The highest BCUT2D eigenvalue weighted by molar-refractivity contribution is 5.81. The molecule has 0 saturated carbocycles. The van der Waals surface area contributed by atoms with Crippen molar-refractivity contribution in [1.82, 2.24) is 15.0 Å². The standard InChI is InChI=1S/C18H24N4O2/c1-12-6-7-13(2)14(9-12)10-16-20-17(24-21-16)11-22-8-4-3-5-15(19)18(22)23/h6-7,9,15H,3-5,8,10-11,19H2,1-2H3. The Hall–Kier alpha value is -2.21. The summed E-state index contributed by atoms with van der Waals surface area (Å²) in [7, 11) is 0. The van der Waals surface area contributed by atoms with Crippen LogP contribution in [-0.4, -0.2) is 33.5 Å². The highest BCUT2D eigenvalue weighted by atomic mass is 16.5. The third-order valence-electron chi connectivity index (χ3n) is 4.51. The number of amides is 1. The summed E-state index contributed by atoms with van der Waals surface area (Å²) in [5, 5.41) is 4.06. The molecule has 6 heteroatoms. The molecule has 0 spiro atoms. The van der Waals surface area contributed by atoms with Gasteiger partial charge in [0.15, 0.2) is 5.82 Å². The van der Waals surface area contributed by atoms with Crippen molar-refractivity contribution in [2.45, 2.75) is 52.1 Å². The molecular formula is C18H24N4O2. The van der Waals surface area contributed by atoms with Gasteiger partial charge in [-0.05, 0) is 44.2 Å². The average molecular weight is 328 g/mol. The molecule has 1 atom stereocenters. The van der Waals surface area contributed by atoms with Crippen LogP contribution < -0.4 is 5.73 Å². The van der Waals surface area contributed by atoms with E-state index in [4.69, 9.17) is 10.3 Å². The first-order valence-electron chi connectivity index (χ1n) is 8.45. The lowest BCUT2D eigenvalue weighted by Crippen LogP contribution is -2.41. The van der Waals surface area contributed by atoms with Crippen LogP contribution in [0, 0.1) is 13.8 Å². The minimum atomic E-state index is -0.412. The maximum atomic E-state index is 12.2. The topological polar surface area (TPSA) is 85.3 Å². The molecule has 24 heavy (non-hydrogen) atoms. The summed E-state index contributed by atoms with van der Waals surface area (Å²) < 4.78 is 5.34. The summed E-state index contributed by atoms with van der Waals surface area (Å²) in [5.74, 6) is 1.09. The number of aryl methyl sites for hydroxylation is 2. The predicted octanol–water partition coefficient (Wildman–Crippen LogP) is 2.12. The van der Waals surface area contributed by atoms with Crippen LogP contribution in [0.15, 0.2) is 22.7 Å². The maximum Gasteiger partial charge on any atom is 0.246 e. The molecular weight excluding hydrogens is 304 g/mol. The van der Waals surface area contributed by atoms with Crippen LogP contribution in [0.5, 0.6) is 0 Å². The Morgan fingerprint density at radius 2 is 2.17 bits per heavy atom. The number of carbonyl (C=O) groups excluding carboxylic acids is 1. The van der Waals surface area contributed by atoms with Crippen molar-refractivity contribution in [3.05, 3.63) is 46.6 Å². The summed E-state index contributed by atoms with van der Waals surface area (Å²) in [4.78, 5) is 18.4. The Labute approximate surface area is 142 Å². The van der Waals surface area contributed by atoms with E-state index in [2.05, 4.69) is 42.2 Å². The van der Waals surface area contributed by atoms with Crippen LogP contribution in [0.4, 0.5) is 0 Å². The third kappa shape index (κ3) is 3.82. The number of hydrogen-bond donors (Lipinski definition) is 1. The van der Waals surface area contributed by atoms with Gasteiger partial charge in [-0.3, -0.25) is 4.79 Å². The predicted molar refractivity (Wildman–Crippen MR) is 90.3 cm³/mol. The van der Waals surface area contributed by atoms with E-state index in [1.807, 2.05) is 0 Å². The van der Waals surface area contributed by atoms with Gasteiger partial charge in [0.2, 0.25) is 11.8 Å².